The summed E-state index contributed by atoms with van der Waals surface area (Å²) in [4.78, 5) is 0. The van der Waals surface area contributed by atoms with Gasteiger partial charge >= 0.3 is 0 Å². The second-order valence-electron chi connectivity index (χ2n) is 2.98. The first-order chi connectivity index (χ1) is 4.37. The van der Waals surface area contributed by atoms with Gasteiger partial charge in [0.25, 0.3) is 0 Å². The Morgan fingerprint density at radius 3 is 2.89 bits per heavy atom. The lowest BCUT2D eigenvalue weighted by Gasteiger charge is -1.99. The first-order valence-corrected chi connectivity index (χ1v) is 12.0. The minimum atomic E-state index is 0.197. The van der Waals surface area contributed by atoms with Crippen molar-refractivity contribution in [1.82, 2.24) is 0 Å². The Kier molecular flexibility index (Phi) is 1.95. The molecule has 54 valence electrons. The number of rotatable bonds is 1. The Morgan fingerprint density at radius 2 is 2.44 bits per heavy atom. The summed E-state index contributed by atoms with van der Waals surface area (Å²) in [5, 5.41) is 0. The summed E-state index contributed by atoms with van der Waals surface area (Å²) >= 11 is 0.699. The fourth-order valence-corrected chi connectivity index (χ4v) is 12.1. The smallest absolute Gasteiger partial charge is 0.0264 e. The summed E-state index contributed by atoms with van der Waals surface area (Å²) < 4.78 is 6.62. The zero-order chi connectivity index (χ0) is 6.32. The lowest BCUT2D eigenvalue weighted by Crippen LogP contribution is -1.91. The molecule has 0 aromatic carbocycles. The number of nitrogens with two attached hydrogens (primary N) is 1. The third kappa shape index (κ3) is 1.13. The normalized spacial score (nSPS) is 49.7. The van der Waals surface area contributed by atoms with Crippen LogP contribution in [0.5, 0.6) is 0 Å². The minimum Gasteiger partial charge on any atom is -0.276 e. The largest absolute Gasteiger partial charge is 0.276 e. The van der Waals surface area contributed by atoms with E-state index in [1.54, 1.807) is 19.3 Å². The van der Waals surface area contributed by atoms with Gasteiger partial charge in [0, 0.05) is 3.42 Å². The van der Waals surface area contributed by atoms with Gasteiger partial charge in [-0.05, 0) is 42.0 Å². The molecule has 0 heterocycles. The lowest BCUT2D eigenvalue weighted by atomic mass is 10.3. The van der Waals surface area contributed by atoms with Gasteiger partial charge < -0.3 is 0 Å². The van der Waals surface area contributed by atoms with E-state index in [0.29, 0.717) is 16.6 Å². The van der Waals surface area contributed by atoms with Gasteiger partial charge in [-0.15, -0.1) is 0 Å². The molecule has 9 heavy (non-hydrogen) atoms. The highest BCUT2D eigenvalue weighted by atomic mass is 128. The van der Waals surface area contributed by atoms with Crippen molar-refractivity contribution in [3.63, 3.8) is 0 Å². The van der Waals surface area contributed by atoms with Gasteiger partial charge in [-0.25, -0.2) is 0 Å². The molecule has 2 unspecified atom stereocenters. The zero-order valence-corrected chi connectivity index (χ0v) is 9.55. The molecule has 0 aliphatic heterocycles. The van der Waals surface area contributed by atoms with E-state index in [1.807, 2.05) is 0 Å². The Balaban J connectivity index is 2.10. The van der Waals surface area contributed by atoms with Gasteiger partial charge in [0.05, 0.1) is 0 Å². The maximum atomic E-state index is 5.68. The Hall–Kier alpha value is 1.42. The van der Waals surface area contributed by atoms with Crippen LogP contribution in [0.4, 0.5) is 0 Å². The molecule has 3 heteroatoms. The lowest BCUT2D eigenvalue weighted by molar-refractivity contribution is 0.745. The fraction of sp³-hybridized carbons (Fsp3) is 1.00. The summed E-state index contributed by atoms with van der Waals surface area (Å²) in [5.74, 6) is 1.17. The molecule has 0 saturated heterocycles. The summed E-state index contributed by atoms with van der Waals surface area (Å²) in [6, 6.07) is 0. The molecule has 0 aromatic rings. The van der Waals surface area contributed by atoms with Crippen LogP contribution in [-0.2, 0) is 0 Å². The average Bonchev–Trinajstić information content (AvgIpc) is 2.37. The molecule has 0 spiro atoms. The second-order valence-corrected chi connectivity index (χ2v) is 11.9. The predicted molar refractivity (Wildman–Crippen MR) is 56.9 cm³/mol. The van der Waals surface area contributed by atoms with Crippen molar-refractivity contribution in [3.05, 3.63) is 0 Å². The number of fused-ring (bicyclic) bond motifs is 1. The molecule has 2 rings (SSSR count). The molecule has 2 saturated carbocycles. The Morgan fingerprint density at radius 1 is 1.56 bits per heavy atom. The molecule has 0 aromatic heterocycles. The van der Waals surface area contributed by atoms with Crippen LogP contribution in [0, 0.1) is 5.92 Å². The van der Waals surface area contributed by atoms with Crippen LogP contribution in [0.2, 0.25) is 0 Å². The topological polar surface area (TPSA) is 26.0 Å². The van der Waals surface area contributed by atoms with Crippen LogP contribution >= 0.6 is 33.5 Å². The van der Waals surface area contributed by atoms with Crippen LogP contribution < -0.4 is 3.95 Å². The standard InChI is InChI=1S/C6H11I2N/c9-8-7-6-3-1-2-5(6)4-6/h5H,1-4,9H2. The number of hydrogen-bond donors (Lipinski definition) is 1. The van der Waals surface area contributed by atoms with Crippen molar-refractivity contribution in [3.8, 4) is 0 Å². The highest BCUT2D eigenvalue weighted by molar-refractivity contribution is 14.8. The number of alkyl halides is 1. The highest BCUT2D eigenvalue weighted by Crippen LogP contribution is 2.65. The van der Waals surface area contributed by atoms with E-state index < -0.39 is 0 Å². The van der Waals surface area contributed by atoms with Crippen LogP contribution in [0.25, 0.3) is 0 Å². The Bertz CT molecular complexity index is 157. The highest BCUT2D eigenvalue weighted by Gasteiger charge is 2.55. The summed E-state index contributed by atoms with van der Waals surface area (Å²) in [6.07, 6.45) is 6.21. The van der Waals surface area contributed by atoms with Crippen LogP contribution in [0.15, 0.2) is 0 Å². The molecule has 0 bridgehead atoms. The number of hydrogen-bond acceptors (Lipinski definition) is 1. The van der Waals surface area contributed by atoms with E-state index in [0.717, 1.165) is 3.42 Å². The summed E-state index contributed by atoms with van der Waals surface area (Å²) in [5.41, 5.74) is 0. The molecule has 2 fully saturated rings. The third-order valence-corrected chi connectivity index (χ3v) is 12.4. The van der Waals surface area contributed by atoms with Crippen LogP contribution in [0.3, 0.4) is 0 Å². The zero-order valence-electron chi connectivity index (χ0n) is 5.24. The van der Waals surface area contributed by atoms with Gasteiger partial charge in [-0.2, -0.15) is 0 Å². The van der Waals surface area contributed by atoms with Crippen LogP contribution in [-0.4, -0.2) is 3.42 Å². The van der Waals surface area contributed by atoms with E-state index >= 15 is 0 Å². The van der Waals surface area contributed by atoms with Crippen molar-refractivity contribution in [2.75, 3.05) is 0 Å². The van der Waals surface area contributed by atoms with E-state index in [9.17, 15) is 0 Å². The van der Waals surface area contributed by atoms with Crippen LogP contribution in [0.1, 0.15) is 25.7 Å². The van der Waals surface area contributed by atoms with Gasteiger partial charge in [-0.1, -0.05) is 23.0 Å². The molecule has 2 N–H and O–H groups in total. The Labute approximate surface area is 71.8 Å². The third-order valence-electron chi connectivity index (χ3n) is 2.49. The predicted octanol–water partition coefficient (Wildman–Crippen LogP) is 2.66. The molecular weight excluding hydrogens is 340 g/mol. The molecule has 0 amide bonds. The molecule has 2 aliphatic carbocycles. The first-order valence-electron chi connectivity index (χ1n) is 3.36. The second kappa shape index (κ2) is 2.48. The fourth-order valence-electron chi connectivity index (χ4n) is 1.87. The maximum Gasteiger partial charge on any atom is 0.0264 e. The SMILES string of the molecule is NI=IC12CCCC1C2. The first kappa shape index (κ1) is 7.09. The van der Waals surface area contributed by atoms with E-state index in [-0.39, 0.29) is 16.9 Å². The van der Waals surface area contributed by atoms with Crippen molar-refractivity contribution < 1.29 is 0 Å². The molecule has 2 atom stereocenters. The summed E-state index contributed by atoms with van der Waals surface area (Å²) in [6.45, 7) is 0. The van der Waals surface area contributed by atoms with Crippen molar-refractivity contribution in [2.45, 2.75) is 29.1 Å². The van der Waals surface area contributed by atoms with Gasteiger partial charge in [0.2, 0.25) is 0 Å². The molecule has 2 aliphatic rings. The molecule has 1 nitrogen and oxygen atoms in total. The van der Waals surface area contributed by atoms with E-state index in [1.165, 1.54) is 12.3 Å². The maximum absolute atomic E-state index is 5.68. The number of halogens is 2. The van der Waals surface area contributed by atoms with Gasteiger partial charge in [-0.3, -0.25) is 3.95 Å². The van der Waals surface area contributed by atoms with Crippen molar-refractivity contribution >= 4 is 33.5 Å². The summed E-state index contributed by atoms with van der Waals surface area (Å²) in [7, 11) is 0. The van der Waals surface area contributed by atoms with E-state index in [2.05, 4.69) is 0 Å². The van der Waals surface area contributed by atoms with Gasteiger partial charge in [0.1, 0.15) is 0 Å². The van der Waals surface area contributed by atoms with Crippen molar-refractivity contribution in [2.24, 2.45) is 9.86 Å². The van der Waals surface area contributed by atoms with E-state index in [4.69, 9.17) is 3.95 Å². The monoisotopic (exact) mass is 351 g/mol. The quantitative estimate of drug-likeness (QED) is 0.439. The van der Waals surface area contributed by atoms with Crippen molar-refractivity contribution in [1.29, 1.82) is 0 Å². The average molecular weight is 351 g/mol. The molecule has 0 radical (unpaired) electrons. The molecular formula is C6H11I2N. The van der Waals surface area contributed by atoms with Gasteiger partial charge in [0.15, 0.2) is 0 Å². The minimum absolute atomic E-state index is 0.197.